The Bertz CT molecular complexity index is 1060. The van der Waals surface area contributed by atoms with E-state index >= 15 is 0 Å². The van der Waals surface area contributed by atoms with Gasteiger partial charge in [-0.2, -0.15) is 0 Å². The van der Waals surface area contributed by atoms with E-state index in [2.05, 4.69) is 10.6 Å². The molecule has 0 radical (unpaired) electrons. The van der Waals surface area contributed by atoms with Gasteiger partial charge in [0.05, 0.1) is 10.9 Å². The first-order valence-corrected chi connectivity index (χ1v) is 10.3. The van der Waals surface area contributed by atoms with Crippen molar-refractivity contribution < 1.29 is 14.4 Å². The van der Waals surface area contributed by atoms with E-state index in [9.17, 15) is 14.4 Å². The van der Waals surface area contributed by atoms with Crippen LogP contribution in [0.15, 0.2) is 89.8 Å². The monoisotopic (exact) mass is 417 g/mol. The average molecular weight is 417 g/mol. The highest BCUT2D eigenvalue weighted by molar-refractivity contribution is 8.00. The molecular formula is C23H19N3O3S. The van der Waals surface area contributed by atoms with Crippen molar-refractivity contribution in [2.75, 3.05) is 15.5 Å². The molecule has 0 bridgehead atoms. The lowest BCUT2D eigenvalue weighted by Gasteiger charge is -2.14. The van der Waals surface area contributed by atoms with Gasteiger partial charge in [-0.15, -0.1) is 11.8 Å². The highest BCUT2D eigenvalue weighted by Crippen LogP contribution is 2.34. The minimum atomic E-state index is -0.460. The summed E-state index contributed by atoms with van der Waals surface area (Å²) in [4.78, 5) is 39.3. The molecule has 1 aliphatic heterocycles. The normalized spacial score (nSPS) is 15.9. The Hall–Kier alpha value is -3.58. The fourth-order valence-electron chi connectivity index (χ4n) is 3.14. The number of para-hydroxylation sites is 2. The van der Waals surface area contributed by atoms with Gasteiger partial charge >= 0.3 is 6.03 Å². The molecule has 1 aliphatic rings. The fraction of sp³-hybridized carbons (Fsp3) is 0.0870. The minimum absolute atomic E-state index is 0.165. The van der Waals surface area contributed by atoms with Gasteiger partial charge in [0, 0.05) is 22.7 Å². The molecule has 0 aromatic heterocycles. The molecule has 4 amide bonds. The van der Waals surface area contributed by atoms with Gasteiger partial charge in [0.15, 0.2) is 0 Å². The summed E-state index contributed by atoms with van der Waals surface area (Å²) >= 11 is 1.35. The number of rotatable bonds is 5. The van der Waals surface area contributed by atoms with E-state index in [1.165, 1.54) is 16.7 Å². The largest absolute Gasteiger partial charge is 0.323 e. The van der Waals surface area contributed by atoms with Crippen molar-refractivity contribution >= 4 is 46.7 Å². The lowest BCUT2D eigenvalue weighted by molar-refractivity contribution is -0.121. The van der Waals surface area contributed by atoms with Crippen molar-refractivity contribution in [3.05, 3.63) is 84.9 Å². The van der Waals surface area contributed by atoms with E-state index in [1.807, 2.05) is 36.4 Å². The molecule has 0 spiro atoms. The molecule has 3 aromatic carbocycles. The average Bonchev–Trinajstić information content (AvgIpc) is 3.03. The Morgan fingerprint density at radius 3 is 2.00 bits per heavy atom. The molecule has 1 atom stereocenters. The number of thioether (sulfide) groups is 1. The summed E-state index contributed by atoms with van der Waals surface area (Å²) in [6.07, 6.45) is 0.165. The second kappa shape index (κ2) is 8.84. The van der Waals surface area contributed by atoms with Crippen LogP contribution in [0.3, 0.4) is 0 Å². The van der Waals surface area contributed by atoms with Gasteiger partial charge in [0.25, 0.3) is 0 Å². The number of imide groups is 1. The summed E-state index contributed by atoms with van der Waals surface area (Å²) in [5.41, 5.74) is 1.93. The van der Waals surface area contributed by atoms with Crippen molar-refractivity contribution in [3.63, 3.8) is 0 Å². The van der Waals surface area contributed by atoms with Crippen LogP contribution in [-0.2, 0) is 9.59 Å². The highest BCUT2D eigenvalue weighted by Gasteiger charge is 2.40. The third-order valence-corrected chi connectivity index (χ3v) is 5.74. The van der Waals surface area contributed by atoms with Crippen LogP contribution in [0.2, 0.25) is 0 Å². The number of urea groups is 1. The maximum Gasteiger partial charge on any atom is 0.323 e. The van der Waals surface area contributed by atoms with Crippen LogP contribution >= 0.6 is 11.8 Å². The number of carbonyl (C=O) groups excluding carboxylic acids is 3. The van der Waals surface area contributed by atoms with Gasteiger partial charge in [-0.3, -0.25) is 9.59 Å². The van der Waals surface area contributed by atoms with E-state index in [-0.39, 0.29) is 24.3 Å². The third kappa shape index (κ3) is 4.52. The summed E-state index contributed by atoms with van der Waals surface area (Å²) in [6, 6.07) is 25.0. The number of nitrogens with one attached hydrogen (secondary N) is 2. The smallest absolute Gasteiger partial charge is 0.308 e. The van der Waals surface area contributed by atoms with Crippen LogP contribution in [0.4, 0.5) is 21.9 Å². The summed E-state index contributed by atoms with van der Waals surface area (Å²) in [5, 5.41) is 5.06. The van der Waals surface area contributed by atoms with Crippen molar-refractivity contribution in [2.45, 2.75) is 16.6 Å². The SMILES string of the molecule is O=C(Nc1ccccc1)Nc1ccc(S[C@H]2CC(=O)N(c3ccccc3)C2=O)cc1. The quantitative estimate of drug-likeness (QED) is 0.587. The van der Waals surface area contributed by atoms with Gasteiger partial charge < -0.3 is 10.6 Å². The van der Waals surface area contributed by atoms with Crippen molar-refractivity contribution in [3.8, 4) is 0 Å². The number of hydrogen-bond donors (Lipinski definition) is 2. The van der Waals surface area contributed by atoms with E-state index < -0.39 is 5.25 Å². The standard InChI is InChI=1S/C23H19N3O3S/c27-21-15-20(22(28)26(21)18-9-5-2-6-10-18)30-19-13-11-17(12-14-19)25-23(29)24-16-7-3-1-4-8-16/h1-14,20H,15H2,(H2,24,25,29)/t20-/m0/s1. The maximum atomic E-state index is 12.7. The lowest BCUT2D eigenvalue weighted by atomic mass is 10.3. The Labute approximate surface area is 178 Å². The summed E-state index contributed by atoms with van der Waals surface area (Å²) in [6.45, 7) is 0. The molecule has 0 unspecified atom stereocenters. The van der Waals surface area contributed by atoms with Crippen molar-refractivity contribution in [2.24, 2.45) is 0 Å². The Kier molecular flexibility index (Phi) is 5.81. The van der Waals surface area contributed by atoms with Gasteiger partial charge in [-0.25, -0.2) is 9.69 Å². The zero-order valence-electron chi connectivity index (χ0n) is 15.9. The Morgan fingerprint density at radius 2 is 1.37 bits per heavy atom. The van der Waals surface area contributed by atoms with Gasteiger partial charge in [0.1, 0.15) is 0 Å². The number of amides is 4. The predicted octanol–water partition coefficient (Wildman–Crippen LogP) is 4.75. The second-order valence-corrected chi connectivity index (χ2v) is 7.96. The number of carbonyl (C=O) groups is 3. The molecule has 6 nitrogen and oxygen atoms in total. The van der Waals surface area contributed by atoms with Gasteiger partial charge in [-0.1, -0.05) is 36.4 Å². The van der Waals surface area contributed by atoms with E-state index in [0.717, 1.165) is 4.90 Å². The lowest BCUT2D eigenvalue weighted by Crippen LogP contribution is -2.30. The molecule has 1 fully saturated rings. The van der Waals surface area contributed by atoms with Crippen LogP contribution < -0.4 is 15.5 Å². The highest BCUT2D eigenvalue weighted by atomic mass is 32.2. The molecule has 4 rings (SSSR count). The molecular weight excluding hydrogens is 398 g/mol. The van der Waals surface area contributed by atoms with E-state index in [0.29, 0.717) is 17.1 Å². The number of nitrogens with zero attached hydrogens (tertiary/aromatic N) is 1. The topological polar surface area (TPSA) is 78.5 Å². The Morgan fingerprint density at radius 1 is 0.800 bits per heavy atom. The molecule has 1 saturated heterocycles. The number of anilines is 3. The van der Waals surface area contributed by atoms with Crippen LogP contribution in [-0.4, -0.2) is 23.1 Å². The van der Waals surface area contributed by atoms with Crippen LogP contribution in [0.1, 0.15) is 6.42 Å². The van der Waals surface area contributed by atoms with Crippen LogP contribution in [0, 0.1) is 0 Å². The molecule has 1 heterocycles. The Balaban J connectivity index is 1.36. The molecule has 0 saturated carbocycles. The number of hydrogen-bond acceptors (Lipinski definition) is 4. The first kappa shape index (κ1) is 19.7. The molecule has 150 valence electrons. The third-order valence-electron chi connectivity index (χ3n) is 4.54. The first-order chi connectivity index (χ1) is 14.6. The number of benzene rings is 3. The predicted molar refractivity (Wildman–Crippen MR) is 119 cm³/mol. The second-order valence-electron chi connectivity index (χ2n) is 6.68. The summed E-state index contributed by atoms with van der Waals surface area (Å²) < 4.78 is 0. The van der Waals surface area contributed by atoms with Crippen molar-refractivity contribution in [1.29, 1.82) is 0 Å². The molecule has 2 N–H and O–H groups in total. The zero-order valence-corrected chi connectivity index (χ0v) is 16.8. The maximum absolute atomic E-state index is 12.7. The molecule has 3 aromatic rings. The molecule has 30 heavy (non-hydrogen) atoms. The molecule has 0 aliphatic carbocycles. The summed E-state index contributed by atoms with van der Waals surface area (Å²) in [5.74, 6) is -0.403. The van der Waals surface area contributed by atoms with E-state index in [4.69, 9.17) is 0 Å². The summed E-state index contributed by atoms with van der Waals surface area (Å²) in [7, 11) is 0. The fourth-order valence-corrected chi connectivity index (χ4v) is 4.19. The first-order valence-electron chi connectivity index (χ1n) is 9.42. The van der Waals surface area contributed by atoms with E-state index in [1.54, 1.807) is 48.5 Å². The zero-order chi connectivity index (χ0) is 20.9. The van der Waals surface area contributed by atoms with Gasteiger partial charge in [-0.05, 0) is 48.5 Å². The van der Waals surface area contributed by atoms with Crippen molar-refractivity contribution in [1.82, 2.24) is 0 Å². The molecule has 7 heteroatoms. The van der Waals surface area contributed by atoms with Gasteiger partial charge in [0.2, 0.25) is 11.8 Å². The van der Waals surface area contributed by atoms with Crippen LogP contribution in [0.25, 0.3) is 0 Å². The minimum Gasteiger partial charge on any atom is -0.308 e. The van der Waals surface area contributed by atoms with Crippen LogP contribution in [0.5, 0.6) is 0 Å².